The second-order valence-corrected chi connectivity index (χ2v) is 11.0. The molecule has 0 radical (unpaired) electrons. The Bertz CT molecular complexity index is 1110. The summed E-state index contributed by atoms with van der Waals surface area (Å²) < 4.78 is 26.1. The quantitative estimate of drug-likeness (QED) is 0.411. The number of rotatable bonds is 11. The van der Waals surface area contributed by atoms with Crippen LogP contribution in [0.2, 0.25) is 15.1 Å². The molecule has 0 saturated carbocycles. The lowest BCUT2D eigenvalue weighted by atomic mass is 10.1. The first-order valence-corrected chi connectivity index (χ1v) is 13.7. The van der Waals surface area contributed by atoms with E-state index in [0.717, 1.165) is 23.4 Å². The van der Waals surface area contributed by atoms with Gasteiger partial charge in [0.15, 0.2) is 0 Å². The molecule has 186 valence electrons. The number of benzene rings is 2. The predicted octanol–water partition coefficient (Wildman–Crippen LogP) is 4.75. The van der Waals surface area contributed by atoms with Crippen molar-refractivity contribution < 1.29 is 18.0 Å². The zero-order chi connectivity index (χ0) is 25.5. The van der Waals surface area contributed by atoms with Crippen molar-refractivity contribution in [3.63, 3.8) is 0 Å². The number of nitrogens with one attached hydrogen (secondary N) is 1. The molecule has 0 bridgehead atoms. The zero-order valence-corrected chi connectivity index (χ0v) is 22.3. The van der Waals surface area contributed by atoms with Gasteiger partial charge >= 0.3 is 0 Å². The zero-order valence-electron chi connectivity index (χ0n) is 19.2. The monoisotopic (exact) mass is 547 g/mol. The van der Waals surface area contributed by atoms with E-state index < -0.39 is 28.5 Å². The Morgan fingerprint density at radius 1 is 1.06 bits per heavy atom. The van der Waals surface area contributed by atoms with Crippen molar-refractivity contribution >= 4 is 62.3 Å². The van der Waals surface area contributed by atoms with Crippen molar-refractivity contribution in [2.75, 3.05) is 23.7 Å². The largest absolute Gasteiger partial charge is 0.354 e. The van der Waals surface area contributed by atoms with Gasteiger partial charge in [-0.3, -0.25) is 13.9 Å². The normalized spacial score (nSPS) is 12.2. The smallest absolute Gasteiger partial charge is 0.244 e. The van der Waals surface area contributed by atoms with Gasteiger partial charge in [-0.1, -0.05) is 66.3 Å². The van der Waals surface area contributed by atoms with Gasteiger partial charge < -0.3 is 10.2 Å². The predicted molar refractivity (Wildman–Crippen MR) is 138 cm³/mol. The number of hydrogen-bond donors (Lipinski definition) is 1. The maximum absolute atomic E-state index is 13.5. The molecule has 2 aromatic carbocycles. The van der Waals surface area contributed by atoms with Crippen molar-refractivity contribution in [2.45, 2.75) is 39.3 Å². The topological polar surface area (TPSA) is 86.8 Å². The van der Waals surface area contributed by atoms with E-state index in [2.05, 4.69) is 5.32 Å². The van der Waals surface area contributed by atoms with Gasteiger partial charge in [-0.15, -0.1) is 0 Å². The van der Waals surface area contributed by atoms with E-state index >= 15 is 0 Å². The lowest BCUT2D eigenvalue weighted by Crippen LogP contribution is -2.51. The van der Waals surface area contributed by atoms with Crippen molar-refractivity contribution in [1.29, 1.82) is 0 Å². The van der Waals surface area contributed by atoms with Crippen LogP contribution in [0.25, 0.3) is 0 Å². The second-order valence-electron chi connectivity index (χ2n) is 7.83. The number of amides is 2. The second kappa shape index (κ2) is 12.6. The molecule has 7 nitrogen and oxygen atoms in total. The molecule has 0 heterocycles. The average Bonchev–Trinajstić information content (AvgIpc) is 2.74. The fourth-order valence-electron chi connectivity index (χ4n) is 3.23. The number of carbonyl (C=O) groups excluding carboxylic acids is 2. The van der Waals surface area contributed by atoms with E-state index in [1.165, 1.54) is 23.1 Å². The molecule has 1 N–H and O–H groups in total. The number of carbonyl (C=O) groups is 2. The number of halogens is 3. The van der Waals surface area contributed by atoms with Crippen LogP contribution in [-0.4, -0.2) is 50.5 Å². The maximum atomic E-state index is 13.5. The summed E-state index contributed by atoms with van der Waals surface area (Å²) in [7, 11) is -3.88. The van der Waals surface area contributed by atoms with Crippen LogP contribution in [0.15, 0.2) is 42.5 Å². The van der Waals surface area contributed by atoms with Gasteiger partial charge in [-0.2, -0.15) is 0 Å². The van der Waals surface area contributed by atoms with E-state index in [4.69, 9.17) is 34.8 Å². The SMILES string of the molecule is CCCCNC(=O)C(C)N(Cc1ccccc1Cl)C(=O)CN(c1cc(Cl)cc(Cl)c1)S(C)(=O)=O. The fourth-order valence-corrected chi connectivity index (χ4v) is 4.77. The summed E-state index contributed by atoms with van der Waals surface area (Å²) in [5.74, 6) is -0.926. The van der Waals surface area contributed by atoms with Crippen LogP contribution in [0.1, 0.15) is 32.3 Å². The molecule has 0 fully saturated rings. The number of anilines is 1. The highest BCUT2D eigenvalue weighted by Crippen LogP contribution is 2.27. The van der Waals surface area contributed by atoms with E-state index in [-0.39, 0.29) is 28.2 Å². The third-order valence-corrected chi connectivity index (χ3v) is 7.06. The summed E-state index contributed by atoms with van der Waals surface area (Å²) in [6.07, 6.45) is 2.69. The van der Waals surface area contributed by atoms with Gasteiger partial charge in [-0.05, 0) is 43.2 Å². The van der Waals surface area contributed by atoms with Crippen LogP contribution in [0, 0.1) is 0 Å². The Morgan fingerprint density at radius 3 is 2.24 bits per heavy atom. The van der Waals surface area contributed by atoms with Gasteiger partial charge in [-0.25, -0.2) is 8.42 Å². The highest BCUT2D eigenvalue weighted by atomic mass is 35.5. The molecule has 0 aromatic heterocycles. The Kier molecular flexibility index (Phi) is 10.5. The first kappa shape index (κ1) is 28.2. The minimum atomic E-state index is -3.88. The molecular weight excluding hydrogens is 521 g/mol. The third kappa shape index (κ3) is 8.05. The lowest BCUT2D eigenvalue weighted by molar-refractivity contribution is -0.139. The molecule has 0 saturated heterocycles. The first-order chi connectivity index (χ1) is 15.9. The molecule has 1 atom stereocenters. The Balaban J connectivity index is 2.39. The minimum Gasteiger partial charge on any atom is -0.354 e. The summed E-state index contributed by atoms with van der Waals surface area (Å²) >= 11 is 18.4. The first-order valence-electron chi connectivity index (χ1n) is 10.7. The molecule has 0 aliphatic rings. The minimum absolute atomic E-state index is 0.0226. The van der Waals surface area contributed by atoms with E-state index in [1.54, 1.807) is 31.2 Å². The Labute approximate surface area is 216 Å². The van der Waals surface area contributed by atoms with E-state index in [0.29, 0.717) is 17.1 Å². The molecule has 1 unspecified atom stereocenters. The molecule has 2 amide bonds. The van der Waals surface area contributed by atoms with Crippen LogP contribution in [0.3, 0.4) is 0 Å². The Hall–Kier alpha value is -2.00. The Morgan fingerprint density at radius 2 is 1.68 bits per heavy atom. The van der Waals surface area contributed by atoms with Gasteiger partial charge in [0.1, 0.15) is 12.6 Å². The van der Waals surface area contributed by atoms with E-state index in [9.17, 15) is 18.0 Å². The fraction of sp³-hybridized carbons (Fsp3) is 0.391. The molecule has 11 heteroatoms. The van der Waals surface area contributed by atoms with Gasteiger partial charge in [0.05, 0.1) is 11.9 Å². The third-order valence-electron chi connectivity index (χ3n) is 5.11. The lowest BCUT2D eigenvalue weighted by Gasteiger charge is -2.31. The molecule has 2 rings (SSSR count). The van der Waals surface area contributed by atoms with Gasteiger partial charge in [0.2, 0.25) is 21.8 Å². The summed E-state index contributed by atoms with van der Waals surface area (Å²) in [6.45, 7) is 3.55. The molecule has 0 aliphatic heterocycles. The van der Waals surface area contributed by atoms with Gasteiger partial charge in [0, 0.05) is 28.2 Å². The number of sulfonamides is 1. The summed E-state index contributed by atoms with van der Waals surface area (Å²) in [5, 5.41) is 3.69. The maximum Gasteiger partial charge on any atom is 0.244 e. The summed E-state index contributed by atoms with van der Waals surface area (Å²) in [6, 6.07) is 10.4. The average molecular weight is 549 g/mol. The molecule has 0 aliphatic carbocycles. The summed E-state index contributed by atoms with van der Waals surface area (Å²) in [4.78, 5) is 27.6. The number of nitrogens with zero attached hydrogens (tertiary/aromatic N) is 2. The van der Waals surface area contributed by atoms with Crippen LogP contribution >= 0.6 is 34.8 Å². The number of hydrogen-bond acceptors (Lipinski definition) is 4. The molecular formula is C23H28Cl3N3O4S. The standard InChI is InChI=1S/C23H28Cl3N3O4S/c1-4-5-10-27-23(31)16(2)28(14-17-8-6-7-9-21(17)26)22(30)15-29(34(3,32)33)20-12-18(24)11-19(25)13-20/h6-9,11-13,16H,4-5,10,14-15H2,1-3H3,(H,27,31). The van der Waals surface area contributed by atoms with Crippen molar-refractivity contribution in [3.8, 4) is 0 Å². The van der Waals surface area contributed by atoms with Gasteiger partial charge in [0.25, 0.3) is 0 Å². The number of unbranched alkanes of at least 4 members (excludes halogenated alkanes) is 1. The summed E-state index contributed by atoms with van der Waals surface area (Å²) in [5.41, 5.74) is 0.772. The van der Waals surface area contributed by atoms with Crippen molar-refractivity contribution in [3.05, 3.63) is 63.1 Å². The van der Waals surface area contributed by atoms with Crippen LogP contribution in [0.5, 0.6) is 0 Å². The molecule has 2 aromatic rings. The van der Waals surface area contributed by atoms with Crippen LogP contribution < -0.4 is 9.62 Å². The molecule has 0 spiro atoms. The van der Waals surface area contributed by atoms with Crippen LogP contribution in [0.4, 0.5) is 5.69 Å². The molecule has 34 heavy (non-hydrogen) atoms. The highest BCUT2D eigenvalue weighted by molar-refractivity contribution is 7.92. The van der Waals surface area contributed by atoms with E-state index in [1.807, 2.05) is 6.92 Å². The van der Waals surface area contributed by atoms with Crippen molar-refractivity contribution in [1.82, 2.24) is 10.2 Å². The highest BCUT2D eigenvalue weighted by Gasteiger charge is 2.30. The van der Waals surface area contributed by atoms with Crippen LogP contribution in [-0.2, 0) is 26.2 Å². The van der Waals surface area contributed by atoms with Crippen molar-refractivity contribution in [2.24, 2.45) is 0 Å².